The zero-order valence-electron chi connectivity index (χ0n) is 15.5. The summed E-state index contributed by atoms with van der Waals surface area (Å²) in [6.07, 6.45) is 0.110. The van der Waals surface area contributed by atoms with E-state index >= 15 is 0 Å². The first kappa shape index (κ1) is 22.6. The standard InChI is InChI=1S/C17H25N5O4S.ClH/c18-27(25,26)15-3-1-2-14(11-15)22-12-13(10-16(22)23)17(24)20-6-9-21-7-4-19-5-8-21;/h1-3,11,13,19H,4-10,12H2,(H,20,24)(H2,18,25,26);1H. The van der Waals surface area contributed by atoms with Gasteiger partial charge in [0.15, 0.2) is 0 Å². The molecular weight excluding hydrogens is 406 g/mol. The quantitative estimate of drug-likeness (QED) is 0.537. The summed E-state index contributed by atoms with van der Waals surface area (Å²) in [5.41, 5.74) is 0.433. The molecule has 9 nitrogen and oxygen atoms in total. The van der Waals surface area contributed by atoms with Crippen LogP contribution in [0.5, 0.6) is 0 Å². The summed E-state index contributed by atoms with van der Waals surface area (Å²) in [6, 6.07) is 5.90. The fourth-order valence-electron chi connectivity index (χ4n) is 3.38. The molecule has 4 N–H and O–H groups in total. The Morgan fingerprint density at radius 1 is 1.29 bits per heavy atom. The lowest BCUT2D eigenvalue weighted by Crippen LogP contribution is -2.46. The molecule has 1 aromatic carbocycles. The molecule has 1 aromatic rings. The number of hydrogen-bond acceptors (Lipinski definition) is 6. The first-order chi connectivity index (χ1) is 12.8. The van der Waals surface area contributed by atoms with Gasteiger partial charge in [-0.1, -0.05) is 6.07 Å². The number of primary sulfonamides is 1. The van der Waals surface area contributed by atoms with Crippen molar-refractivity contribution in [1.29, 1.82) is 0 Å². The number of carbonyl (C=O) groups is 2. The normalized spacial score (nSPS) is 20.7. The highest BCUT2D eigenvalue weighted by atomic mass is 35.5. The van der Waals surface area contributed by atoms with Crippen LogP contribution < -0.4 is 20.7 Å². The predicted octanol–water partition coefficient (Wildman–Crippen LogP) is -0.870. The third-order valence-electron chi connectivity index (χ3n) is 4.89. The largest absolute Gasteiger partial charge is 0.355 e. The van der Waals surface area contributed by atoms with E-state index < -0.39 is 15.9 Å². The molecule has 28 heavy (non-hydrogen) atoms. The summed E-state index contributed by atoms with van der Waals surface area (Å²) >= 11 is 0. The van der Waals surface area contributed by atoms with Gasteiger partial charge in [-0.3, -0.25) is 14.5 Å². The lowest BCUT2D eigenvalue weighted by atomic mass is 10.1. The topological polar surface area (TPSA) is 125 Å². The van der Waals surface area contributed by atoms with Gasteiger partial charge in [0.2, 0.25) is 21.8 Å². The molecule has 0 aromatic heterocycles. The van der Waals surface area contributed by atoms with E-state index in [4.69, 9.17) is 5.14 Å². The highest BCUT2D eigenvalue weighted by Gasteiger charge is 2.35. The number of hydrogen-bond donors (Lipinski definition) is 3. The summed E-state index contributed by atoms with van der Waals surface area (Å²) in [7, 11) is -3.85. The molecule has 0 radical (unpaired) electrons. The maximum Gasteiger partial charge on any atom is 0.238 e. The molecule has 0 spiro atoms. The van der Waals surface area contributed by atoms with Crippen molar-refractivity contribution in [1.82, 2.24) is 15.5 Å². The Morgan fingerprint density at radius 3 is 2.68 bits per heavy atom. The maximum absolute atomic E-state index is 12.4. The fourth-order valence-corrected chi connectivity index (χ4v) is 3.93. The van der Waals surface area contributed by atoms with Crippen molar-refractivity contribution >= 4 is 39.9 Å². The van der Waals surface area contributed by atoms with Crippen LogP contribution in [0.25, 0.3) is 0 Å². The van der Waals surface area contributed by atoms with Crippen LogP contribution in [-0.2, 0) is 19.6 Å². The van der Waals surface area contributed by atoms with E-state index in [-0.39, 0.29) is 42.1 Å². The Kier molecular flexibility index (Phi) is 7.79. The van der Waals surface area contributed by atoms with Gasteiger partial charge < -0.3 is 15.5 Å². The second kappa shape index (κ2) is 9.66. The van der Waals surface area contributed by atoms with E-state index in [2.05, 4.69) is 15.5 Å². The summed E-state index contributed by atoms with van der Waals surface area (Å²) in [5, 5.41) is 11.3. The average Bonchev–Trinajstić information content (AvgIpc) is 3.04. The van der Waals surface area contributed by atoms with Crippen LogP contribution in [0.3, 0.4) is 0 Å². The van der Waals surface area contributed by atoms with Crippen LogP contribution in [-0.4, -0.2) is 70.9 Å². The van der Waals surface area contributed by atoms with Gasteiger partial charge in [0.25, 0.3) is 0 Å². The lowest BCUT2D eigenvalue weighted by Gasteiger charge is -2.27. The van der Waals surface area contributed by atoms with Gasteiger partial charge in [0.1, 0.15) is 0 Å². The minimum absolute atomic E-state index is 0. The molecule has 3 rings (SSSR count). The Balaban J connectivity index is 0.00000280. The molecule has 2 aliphatic rings. The van der Waals surface area contributed by atoms with Crippen LogP contribution in [0.2, 0.25) is 0 Å². The number of sulfonamides is 1. The number of benzene rings is 1. The van der Waals surface area contributed by atoms with Crippen molar-refractivity contribution in [3.63, 3.8) is 0 Å². The number of nitrogens with two attached hydrogens (primary N) is 1. The molecule has 2 fully saturated rings. The SMILES string of the molecule is Cl.NS(=O)(=O)c1cccc(N2CC(C(=O)NCCN3CCNCC3)CC2=O)c1. The van der Waals surface area contributed by atoms with Crippen molar-refractivity contribution in [3.8, 4) is 0 Å². The van der Waals surface area contributed by atoms with E-state index in [1.807, 2.05) is 0 Å². The first-order valence-corrected chi connectivity index (χ1v) is 10.5. The molecule has 0 aliphatic carbocycles. The molecule has 2 saturated heterocycles. The molecule has 1 unspecified atom stereocenters. The molecule has 0 bridgehead atoms. The molecule has 1 atom stereocenters. The molecule has 2 aliphatic heterocycles. The number of nitrogens with zero attached hydrogens (tertiary/aromatic N) is 2. The zero-order chi connectivity index (χ0) is 19.4. The maximum atomic E-state index is 12.4. The van der Waals surface area contributed by atoms with Gasteiger partial charge in [-0.05, 0) is 18.2 Å². The van der Waals surface area contributed by atoms with E-state index in [1.165, 1.54) is 23.1 Å². The van der Waals surface area contributed by atoms with Gasteiger partial charge >= 0.3 is 0 Å². The second-order valence-corrected chi connectivity index (χ2v) is 8.39. The molecule has 2 heterocycles. The van der Waals surface area contributed by atoms with E-state index in [0.717, 1.165) is 32.7 Å². The highest BCUT2D eigenvalue weighted by Crippen LogP contribution is 2.26. The predicted molar refractivity (Wildman–Crippen MR) is 108 cm³/mol. The number of piperazine rings is 1. The number of anilines is 1. The number of amides is 2. The molecule has 2 amide bonds. The van der Waals surface area contributed by atoms with Gasteiger partial charge in [0.05, 0.1) is 10.8 Å². The Labute approximate surface area is 171 Å². The summed E-state index contributed by atoms with van der Waals surface area (Å²) in [5.74, 6) is -0.800. The Morgan fingerprint density at radius 2 is 2.00 bits per heavy atom. The minimum atomic E-state index is -3.85. The monoisotopic (exact) mass is 431 g/mol. The van der Waals surface area contributed by atoms with E-state index in [0.29, 0.717) is 12.2 Å². The van der Waals surface area contributed by atoms with E-state index in [1.54, 1.807) is 6.07 Å². The van der Waals surface area contributed by atoms with Crippen LogP contribution >= 0.6 is 12.4 Å². The van der Waals surface area contributed by atoms with Crippen molar-refractivity contribution in [3.05, 3.63) is 24.3 Å². The highest BCUT2D eigenvalue weighted by molar-refractivity contribution is 7.89. The minimum Gasteiger partial charge on any atom is -0.355 e. The number of nitrogens with one attached hydrogen (secondary N) is 2. The van der Waals surface area contributed by atoms with Crippen LogP contribution in [0.1, 0.15) is 6.42 Å². The lowest BCUT2D eigenvalue weighted by molar-refractivity contribution is -0.126. The summed E-state index contributed by atoms with van der Waals surface area (Å²) in [4.78, 5) is 28.4. The van der Waals surface area contributed by atoms with Crippen molar-refractivity contribution < 1.29 is 18.0 Å². The number of carbonyl (C=O) groups excluding carboxylic acids is 2. The molecule has 11 heteroatoms. The third-order valence-corrected chi connectivity index (χ3v) is 5.80. The van der Waals surface area contributed by atoms with E-state index in [9.17, 15) is 18.0 Å². The fraction of sp³-hybridized carbons (Fsp3) is 0.529. The Bertz CT molecular complexity index is 814. The van der Waals surface area contributed by atoms with Crippen LogP contribution in [0, 0.1) is 5.92 Å². The molecule has 156 valence electrons. The second-order valence-electron chi connectivity index (χ2n) is 6.83. The van der Waals surface area contributed by atoms with Crippen LogP contribution in [0.4, 0.5) is 5.69 Å². The summed E-state index contributed by atoms with van der Waals surface area (Å²) in [6.45, 7) is 5.40. The Hall–Kier alpha value is -1.72. The van der Waals surface area contributed by atoms with Crippen LogP contribution in [0.15, 0.2) is 29.2 Å². The van der Waals surface area contributed by atoms with Crippen molar-refractivity contribution in [2.75, 3.05) is 50.7 Å². The first-order valence-electron chi connectivity index (χ1n) is 8.98. The smallest absolute Gasteiger partial charge is 0.238 e. The van der Waals surface area contributed by atoms with Gasteiger partial charge in [0, 0.05) is 57.9 Å². The van der Waals surface area contributed by atoms with Crippen molar-refractivity contribution in [2.45, 2.75) is 11.3 Å². The number of halogens is 1. The van der Waals surface area contributed by atoms with Gasteiger partial charge in [-0.25, -0.2) is 13.6 Å². The summed E-state index contributed by atoms with van der Waals surface area (Å²) < 4.78 is 23.0. The molecule has 0 saturated carbocycles. The van der Waals surface area contributed by atoms with Crippen molar-refractivity contribution in [2.24, 2.45) is 11.1 Å². The van der Waals surface area contributed by atoms with Gasteiger partial charge in [-0.2, -0.15) is 0 Å². The average molecular weight is 432 g/mol. The van der Waals surface area contributed by atoms with Gasteiger partial charge in [-0.15, -0.1) is 12.4 Å². The number of rotatable bonds is 6. The zero-order valence-corrected chi connectivity index (χ0v) is 17.1. The molecular formula is C17H26ClN5O4S. The third kappa shape index (κ3) is 5.65.